The highest BCUT2D eigenvalue weighted by molar-refractivity contribution is 7.89. The Morgan fingerprint density at radius 3 is 2.39 bits per heavy atom. The Morgan fingerprint density at radius 1 is 1.28 bits per heavy atom. The number of nitrogens with one attached hydrogen (secondary N) is 1. The highest BCUT2D eigenvalue weighted by Gasteiger charge is 2.22. The highest BCUT2D eigenvalue weighted by atomic mass is 32.2. The van der Waals surface area contributed by atoms with Crippen molar-refractivity contribution in [3.8, 4) is 11.8 Å². The van der Waals surface area contributed by atoms with Gasteiger partial charge in [0.1, 0.15) is 6.61 Å². The standard InChI is InChI=1S/C11H11F2NO3S/c12-11(13)18(16,17)14-8-10-5-3-9(4-6-10)2-1-7-15/h3-6,11,14-15H,7-8H2. The van der Waals surface area contributed by atoms with Crippen molar-refractivity contribution in [1.29, 1.82) is 0 Å². The van der Waals surface area contributed by atoms with Gasteiger partial charge >= 0.3 is 5.76 Å². The van der Waals surface area contributed by atoms with Gasteiger partial charge in [-0.1, -0.05) is 24.0 Å². The molecule has 7 heteroatoms. The normalized spacial score (nSPS) is 11.1. The summed E-state index contributed by atoms with van der Waals surface area (Å²) in [7, 11) is -4.57. The first-order valence-electron chi connectivity index (χ1n) is 4.91. The number of sulfonamides is 1. The molecule has 0 heterocycles. The van der Waals surface area contributed by atoms with Crippen molar-refractivity contribution in [3.63, 3.8) is 0 Å². The first kappa shape index (κ1) is 14.6. The molecule has 98 valence electrons. The number of aliphatic hydroxyl groups excluding tert-OH is 1. The van der Waals surface area contributed by atoms with Gasteiger partial charge in [-0.15, -0.1) is 0 Å². The van der Waals surface area contributed by atoms with E-state index in [2.05, 4.69) is 11.8 Å². The van der Waals surface area contributed by atoms with Crippen LogP contribution in [0.1, 0.15) is 11.1 Å². The number of rotatable bonds is 4. The molecule has 1 rings (SSSR count). The SMILES string of the molecule is O=S(=O)(NCc1ccc(C#CCO)cc1)C(F)F. The minimum Gasteiger partial charge on any atom is -0.384 e. The fourth-order valence-electron chi connectivity index (χ4n) is 1.09. The molecule has 0 unspecified atom stereocenters. The van der Waals surface area contributed by atoms with Crippen LogP contribution in [0.25, 0.3) is 0 Å². The van der Waals surface area contributed by atoms with Gasteiger partial charge in [0.15, 0.2) is 0 Å². The van der Waals surface area contributed by atoms with E-state index in [0.717, 1.165) is 0 Å². The van der Waals surface area contributed by atoms with Gasteiger partial charge in [0, 0.05) is 12.1 Å². The highest BCUT2D eigenvalue weighted by Crippen LogP contribution is 2.06. The summed E-state index contributed by atoms with van der Waals surface area (Å²) < 4.78 is 47.4. The summed E-state index contributed by atoms with van der Waals surface area (Å²) in [6, 6.07) is 6.34. The fraction of sp³-hybridized carbons (Fsp3) is 0.273. The summed E-state index contributed by atoms with van der Waals surface area (Å²) in [5.74, 6) is 1.67. The summed E-state index contributed by atoms with van der Waals surface area (Å²) in [6.45, 7) is -0.462. The maximum absolute atomic E-state index is 12.0. The Labute approximate surface area is 104 Å². The van der Waals surface area contributed by atoms with Crippen LogP contribution in [0.4, 0.5) is 8.78 Å². The number of halogens is 2. The topological polar surface area (TPSA) is 66.4 Å². The molecule has 1 aromatic rings. The zero-order valence-corrected chi connectivity index (χ0v) is 10.0. The molecule has 18 heavy (non-hydrogen) atoms. The molecule has 4 nitrogen and oxygen atoms in total. The predicted octanol–water partition coefficient (Wildman–Crippen LogP) is 0.672. The molecule has 0 aliphatic carbocycles. The van der Waals surface area contributed by atoms with E-state index in [1.165, 1.54) is 0 Å². The average molecular weight is 275 g/mol. The summed E-state index contributed by atoms with van der Waals surface area (Å²) in [5, 5.41) is 8.49. The first-order chi connectivity index (χ1) is 8.45. The summed E-state index contributed by atoms with van der Waals surface area (Å²) >= 11 is 0. The van der Waals surface area contributed by atoms with Gasteiger partial charge in [0.2, 0.25) is 0 Å². The smallest absolute Gasteiger partial charge is 0.350 e. The first-order valence-corrected chi connectivity index (χ1v) is 6.45. The molecule has 0 fully saturated rings. The van der Waals surface area contributed by atoms with Gasteiger partial charge in [-0.3, -0.25) is 0 Å². The number of hydrogen-bond donors (Lipinski definition) is 2. The minimum absolute atomic E-state index is 0.208. The molecule has 0 saturated carbocycles. The van der Waals surface area contributed by atoms with Crippen molar-refractivity contribution in [1.82, 2.24) is 4.72 Å². The molecular weight excluding hydrogens is 264 g/mol. The van der Waals surface area contributed by atoms with E-state index in [-0.39, 0.29) is 13.2 Å². The lowest BCUT2D eigenvalue weighted by molar-refractivity contribution is 0.232. The van der Waals surface area contributed by atoms with Crippen LogP contribution >= 0.6 is 0 Å². The second-order valence-electron chi connectivity index (χ2n) is 3.28. The fourth-order valence-corrected chi connectivity index (χ4v) is 1.59. The molecule has 0 aromatic heterocycles. The number of hydrogen-bond acceptors (Lipinski definition) is 3. The van der Waals surface area contributed by atoms with Crippen molar-refractivity contribution < 1.29 is 22.3 Å². The Kier molecular flexibility index (Phi) is 5.22. The molecule has 0 atom stereocenters. The van der Waals surface area contributed by atoms with Crippen LogP contribution in [0, 0.1) is 11.8 Å². The quantitative estimate of drug-likeness (QED) is 0.794. The zero-order valence-electron chi connectivity index (χ0n) is 9.23. The van der Waals surface area contributed by atoms with E-state index in [9.17, 15) is 17.2 Å². The van der Waals surface area contributed by atoms with Crippen molar-refractivity contribution in [2.75, 3.05) is 6.61 Å². The van der Waals surface area contributed by atoms with Gasteiger partial charge < -0.3 is 5.11 Å². The van der Waals surface area contributed by atoms with Crippen LogP contribution in [-0.2, 0) is 16.6 Å². The monoisotopic (exact) mass is 275 g/mol. The molecule has 0 aliphatic rings. The predicted molar refractivity (Wildman–Crippen MR) is 62.2 cm³/mol. The van der Waals surface area contributed by atoms with Gasteiger partial charge in [-0.2, -0.15) is 8.78 Å². The molecule has 0 bridgehead atoms. The molecule has 1 aromatic carbocycles. The van der Waals surface area contributed by atoms with Gasteiger partial charge in [-0.25, -0.2) is 13.1 Å². The lowest BCUT2D eigenvalue weighted by Gasteiger charge is -2.05. The van der Waals surface area contributed by atoms with Crippen molar-refractivity contribution in [3.05, 3.63) is 35.4 Å². The second-order valence-corrected chi connectivity index (χ2v) is 5.02. The van der Waals surface area contributed by atoms with E-state index < -0.39 is 15.8 Å². The lowest BCUT2D eigenvalue weighted by Crippen LogP contribution is -2.28. The number of alkyl halides is 2. The molecular formula is C11H11F2NO3S. The molecule has 0 spiro atoms. The maximum atomic E-state index is 12.0. The summed E-state index contributed by atoms with van der Waals surface area (Å²) in [6.07, 6.45) is 0. The van der Waals surface area contributed by atoms with Gasteiger partial charge in [0.25, 0.3) is 10.0 Å². The van der Waals surface area contributed by atoms with Crippen LogP contribution in [0.5, 0.6) is 0 Å². The van der Waals surface area contributed by atoms with Crippen LogP contribution in [-0.4, -0.2) is 25.9 Å². The van der Waals surface area contributed by atoms with Crippen LogP contribution in [0.15, 0.2) is 24.3 Å². The second kappa shape index (κ2) is 6.44. The molecule has 2 N–H and O–H groups in total. The third-order valence-electron chi connectivity index (χ3n) is 1.98. The average Bonchev–Trinajstić information content (AvgIpc) is 2.35. The van der Waals surface area contributed by atoms with Crippen molar-refractivity contribution in [2.45, 2.75) is 12.3 Å². The summed E-state index contributed by atoms with van der Waals surface area (Å²) in [4.78, 5) is 0. The van der Waals surface area contributed by atoms with Crippen LogP contribution in [0.3, 0.4) is 0 Å². The lowest BCUT2D eigenvalue weighted by atomic mass is 10.1. The summed E-state index contributed by atoms with van der Waals surface area (Å²) in [5.41, 5.74) is 1.18. The third kappa shape index (κ3) is 4.41. The van der Waals surface area contributed by atoms with E-state index in [1.54, 1.807) is 29.0 Å². The van der Waals surface area contributed by atoms with Crippen LogP contribution < -0.4 is 4.72 Å². The third-order valence-corrected chi connectivity index (χ3v) is 2.99. The van der Waals surface area contributed by atoms with Gasteiger partial charge in [0.05, 0.1) is 0 Å². The molecule has 0 saturated heterocycles. The largest absolute Gasteiger partial charge is 0.384 e. The van der Waals surface area contributed by atoms with E-state index in [1.807, 2.05) is 0 Å². The minimum atomic E-state index is -4.57. The Balaban J connectivity index is 2.65. The van der Waals surface area contributed by atoms with E-state index in [0.29, 0.717) is 11.1 Å². The molecule has 0 amide bonds. The molecule has 0 aliphatic heterocycles. The zero-order chi connectivity index (χ0) is 13.6. The Morgan fingerprint density at radius 2 is 1.89 bits per heavy atom. The molecule has 0 radical (unpaired) electrons. The van der Waals surface area contributed by atoms with E-state index >= 15 is 0 Å². The van der Waals surface area contributed by atoms with E-state index in [4.69, 9.17) is 5.11 Å². The van der Waals surface area contributed by atoms with Crippen LogP contribution in [0.2, 0.25) is 0 Å². The Hall–Kier alpha value is -1.49. The maximum Gasteiger partial charge on any atom is 0.350 e. The number of benzene rings is 1. The van der Waals surface area contributed by atoms with Gasteiger partial charge in [-0.05, 0) is 17.7 Å². The number of aliphatic hydroxyl groups is 1. The Bertz CT molecular complexity index is 544. The van der Waals surface area contributed by atoms with Crippen molar-refractivity contribution >= 4 is 10.0 Å². The van der Waals surface area contributed by atoms with Crippen molar-refractivity contribution in [2.24, 2.45) is 0 Å².